The first-order valence-electron chi connectivity index (χ1n) is 4.65. The van der Waals surface area contributed by atoms with Gasteiger partial charge in [0.25, 0.3) is 0 Å². The molecular weight excluding hydrogens is 196 g/mol. The number of hydrogen-bond acceptors (Lipinski definition) is 4. The second-order valence-corrected chi connectivity index (χ2v) is 2.97. The van der Waals surface area contributed by atoms with E-state index in [0.29, 0.717) is 5.75 Å². The summed E-state index contributed by atoms with van der Waals surface area (Å²) in [4.78, 5) is 10.8. The molecule has 15 heavy (non-hydrogen) atoms. The number of Topliss-reactive ketones (excluding diaryl/α,β-unsaturated/α-hetero) is 1. The summed E-state index contributed by atoms with van der Waals surface area (Å²) in [7, 11) is 1.59. The lowest BCUT2D eigenvalue weighted by Crippen LogP contribution is -2.09. The second kappa shape index (κ2) is 6.03. The number of rotatable bonds is 6. The van der Waals surface area contributed by atoms with Crippen molar-refractivity contribution in [2.45, 2.75) is 6.42 Å². The Hall–Kier alpha value is -1.55. The van der Waals surface area contributed by atoms with E-state index in [1.54, 1.807) is 31.4 Å². The van der Waals surface area contributed by atoms with Gasteiger partial charge in [-0.05, 0) is 24.3 Å². The van der Waals surface area contributed by atoms with Crippen LogP contribution in [0, 0.1) is 0 Å². The second-order valence-electron chi connectivity index (χ2n) is 2.97. The molecule has 1 rings (SSSR count). The Kier molecular flexibility index (Phi) is 4.63. The molecule has 0 heterocycles. The summed E-state index contributed by atoms with van der Waals surface area (Å²) < 4.78 is 10.3. The molecule has 0 saturated carbocycles. The Balaban J connectivity index is 2.34. The molecule has 0 aromatic heterocycles. The van der Waals surface area contributed by atoms with Crippen molar-refractivity contribution >= 4 is 5.78 Å². The molecule has 0 spiro atoms. The predicted molar refractivity (Wildman–Crippen MR) is 55.2 cm³/mol. The zero-order valence-electron chi connectivity index (χ0n) is 8.60. The zero-order valence-corrected chi connectivity index (χ0v) is 8.60. The number of aliphatic hydroxyl groups excluding tert-OH is 1. The molecule has 1 N–H and O–H groups in total. The average Bonchev–Trinajstić information content (AvgIpc) is 2.29. The smallest absolute Gasteiger partial charge is 0.161 e. The van der Waals surface area contributed by atoms with E-state index in [2.05, 4.69) is 0 Å². The van der Waals surface area contributed by atoms with Crippen molar-refractivity contribution in [1.29, 1.82) is 0 Å². The Morgan fingerprint density at radius 2 is 1.87 bits per heavy atom. The Bertz CT molecular complexity index is 305. The van der Waals surface area contributed by atoms with E-state index < -0.39 is 6.61 Å². The van der Waals surface area contributed by atoms with Crippen molar-refractivity contribution < 1.29 is 19.4 Å². The van der Waals surface area contributed by atoms with E-state index in [0.717, 1.165) is 5.75 Å². The van der Waals surface area contributed by atoms with E-state index in [1.807, 2.05) is 0 Å². The Labute approximate surface area is 88.4 Å². The summed E-state index contributed by atoms with van der Waals surface area (Å²) in [5.41, 5.74) is 0. The maximum Gasteiger partial charge on any atom is 0.161 e. The van der Waals surface area contributed by atoms with Gasteiger partial charge in [-0.1, -0.05) is 0 Å². The molecule has 0 radical (unpaired) electrons. The van der Waals surface area contributed by atoms with Gasteiger partial charge in [-0.25, -0.2) is 0 Å². The van der Waals surface area contributed by atoms with E-state index in [-0.39, 0.29) is 18.8 Å². The third kappa shape index (κ3) is 3.99. The van der Waals surface area contributed by atoms with E-state index in [9.17, 15) is 4.79 Å². The van der Waals surface area contributed by atoms with Gasteiger partial charge in [0.05, 0.1) is 13.7 Å². The minimum Gasteiger partial charge on any atom is -0.497 e. The molecule has 4 heteroatoms. The van der Waals surface area contributed by atoms with Crippen LogP contribution in [-0.2, 0) is 4.79 Å². The summed E-state index contributed by atoms with van der Waals surface area (Å²) in [6.45, 7) is -0.141. The molecule has 0 aliphatic carbocycles. The van der Waals surface area contributed by atoms with Crippen molar-refractivity contribution in [3.63, 3.8) is 0 Å². The van der Waals surface area contributed by atoms with Crippen molar-refractivity contribution in [1.82, 2.24) is 0 Å². The standard InChI is InChI=1S/C11H14O4/c1-14-10-2-4-11(5-3-10)15-7-6-9(13)8-12/h2-5,12H,6-8H2,1H3. The molecular formula is C11H14O4. The van der Waals surface area contributed by atoms with Crippen LogP contribution in [0.1, 0.15) is 6.42 Å². The van der Waals surface area contributed by atoms with Crippen molar-refractivity contribution in [2.24, 2.45) is 0 Å². The first kappa shape index (κ1) is 11.5. The van der Waals surface area contributed by atoms with Gasteiger partial charge >= 0.3 is 0 Å². The molecule has 0 bridgehead atoms. The van der Waals surface area contributed by atoms with Gasteiger partial charge in [-0.2, -0.15) is 0 Å². The van der Waals surface area contributed by atoms with Gasteiger partial charge in [0.1, 0.15) is 18.1 Å². The molecule has 0 unspecified atom stereocenters. The summed E-state index contributed by atoms with van der Waals surface area (Å²) in [5, 5.41) is 8.48. The monoisotopic (exact) mass is 210 g/mol. The first-order valence-corrected chi connectivity index (χ1v) is 4.65. The fourth-order valence-corrected chi connectivity index (χ4v) is 1.03. The highest BCUT2D eigenvalue weighted by molar-refractivity contribution is 5.79. The summed E-state index contributed by atoms with van der Waals surface area (Å²) >= 11 is 0. The highest BCUT2D eigenvalue weighted by Crippen LogP contribution is 2.16. The van der Waals surface area contributed by atoms with Crippen LogP contribution in [0.15, 0.2) is 24.3 Å². The van der Waals surface area contributed by atoms with Crippen molar-refractivity contribution in [2.75, 3.05) is 20.3 Å². The molecule has 0 amide bonds. The average molecular weight is 210 g/mol. The van der Waals surface area contributed by atoms with Gasteiger partial charge in [-0.15, -0.1) is 0 Å². The van der Waals surface area contributed by atoms with Gasteiger partial charge in [0, 0.05) is 6.42 Å². The maximum atomic E-state index is 10.8. The summed E-state index contributed by atoms with van der Waals surface area (Å²) in [5.74, 6) is 1.22. The normalized spacial score (nSPS) is 9.73. The molecule has 1 aromatic carbocycles. The largest absolute Gasteiger partial charge is 0.497 e. The molecule has 0 aliphatic heterocycles. The lowest BCUT2D eigenvalue weighted by molar-refractivity contribution is -0.122. The van der Waals surface area contributed by atoms with Gasteiger partial charge in [0.2, 0.25) is 0 Å². The summed E-state index contributed by atoms with van der Waals surface area (Å²) in [6, 6.07) is 7.09. The van der Waals surface area contributed by atoms with Crippen LogP contribution in [0.5, 0.6) is 11.5 Å². The van der Waals surface area contributed by atoms with Gasteiger partial charge < -0.3 is 14.6 Å². The Morgan fingerprint density at radius 3 is 2.40 bits per heavy atom. The van der Waals surface area contributed by atoms with E-state index >= 15 is 0 Å². The molecule has 0 aliphatic rings. The number of aliphatic hydroxyl groups is 1. The quantitative estimate of drug-likeness (QED) is 0.761. The molecule has 4 nitrogen and oxygen atoms in total. The van der Waals surface area contributed by atoms with Crippen LogP contribution in [0.25, 0.3) is 0 Å². The van der Waals surface area contributed by atoms with Crippen LogP contribution in [0.2, 0.25) is 0 Å². The number of carbonyl (C=O) groups is 1. The third-order valence-corrected chi connectivity index (χ3v) is 1.89. The zero-order chi connectivity index (χ0) is 11.1. The SMILES string of the molecule is COc1ccc(OCCC(=O)CO)cc1. The van der Waals surface area contributed by atoms with Crippen LogP contribution in [0.3, 0.4) is 0 Å². The first-order chi connectivity index (χ1) is 7.26. The lowest BCUT2D eigenvalue weighted by Gasteiger charge is -2.05. The highest BCUT2D eigenvalue weighted by Gasteiger charge is 2.00. The molecule has 1 aromatic rings. The number of carbonyl (C=O) groups excluding carboxylic acids is 1. The Morgan fingerprint density at radius 1 is 1.27 bits per heavy atom. The van der Waals surface area contributed by atoms with Crippen LogP contribution < -0.4 is 9.47 Å². The third-order valence-electron chi connectivity index (χ3n) is 1.89. The predicted octanol–water partition coefficient (Wildman–Crippen LogP) is 1.03. The number of ketones is 1. The number of hydrogen-bond donors (Lipinski definition) is 1. The highest BCUT2D eigenvalue weighted by atomic mass is 16.5. The maximum absolute atomic E-state index is 10.8. The lowest BCUT2D eigenvalue weighted by atomic mass is 10.3. The van der Waals surface area contributed by atoms with Gasteiger partial charge in [0.15, 0.2) is 5.78 Å². The van der Waals surface area contributed by atoms with Crippen LogP contribution >= 0.6 is 0 Å². The number of benzene rings is 1. The topological polar surface area (TPSA) is 55.8 Å². The van der Waals surface area contributed by atoms with Crippen LogP contribution in [-0.4, -0.2) is 31.2 Å². The summed E-state index contributed by atoms with van der Waals surface area (Å²) in [6.07, 6.45) is 0.225. The molecule has 0 atom stereocenters. The van der Waals surface area contributed by atoms with Gasteiger partial charge in [-0.3, -0.25) is 4.79 Å². The van der Waals surface area contributed by atoms with E-state index in [1.165, 1.54) is 0 Å². The van der Waals surface area contributed by atoms with Crippen molar-refractivity contribution in [3.8, 4) is 11.5 Å². The fourth-order valence-electron chi connectivity index (χ4n) is 1.03. The van der Waals surface area contributed by atoms with E-state index in [4.69, 9.17) is 14.6 Å². The fraction of sp³-hybridized carbons (Fsp3) is 0.364. The minimum absolute atomic E-state index is 0.219. The van der Waals surface area contributed by atoms with Crippen LogP contribution in [0.4, 0.5) is 0 Å². The minimum atomic E-state index is -0.425. The number of ether oxygens (including phenoxy) is 2. The molecule has 0 saturated heterocycles. The molecule has 0 fully saturated rings. The van der Waals surface area contributed by atoms with Crippen molar-refractivity contribution in [3.05, 3.63) is 24.3 Å². The number of methoxy groups -OCH3 is 1. The molecule has 82 valence electrons.